The van der Waals surface area contributed by atoms with E-state index in [1.807, 2.05) is 29.2 Å². The second-order valence-corrected chi connectivity index (χ2v) is 8.20. The van der Waals surface area contributed by atoms with E-state index in [-0.39, 0.29) is 23.7 Å². The minimum atomic E-state index is -0.0533. The molecule has 146 valence electrons. The summed E-state index contributed by atoms with van der Waals surface area (Å²) in [7, 11) is 0. The molecule has 0 aromatic heterocycles. The fraction of sp³-hybridized carbons (Fsp3) is 0.391. The number of fused-ring (bicyclic) bond motifs is 1. The van der Waals surface area contributed by atoms with E-state index < -0.39 is 0 Å². The van der Waals surface area contributed by atoms with Crippen LogP contribution in [0, 0.1) is 11.8 Å². The Labute approximate surface area is 170 Å². The number of benzene rings is 2. The summed E-state index contributed by atoms with van der Waals surface area (Å²) in [5.74, 6) is 0.238. The van der Waals surface area contributed by atoms with E-state index in [1.165, 1.54) is 11.1 Å². The van der Waals surface area contributed by atoms with E-state index >= 15 is 0 Å². The van der Waals surface area contributed by atoms with Crippen LogP contribution < -0.4 is 5.32 Å². The molecule has 2 aliphatic rings. The molecule has 4 nitrogen and oxygen atoms in total. The fourth-order valence-corrected chi connectivity index (χ4v) is 4.52. The third-order valence-electron chi connectivity index (χ3n) is 6.02. The highest BCUT2D eigenvalue weighted by Crippen LogP contribution is 2.33. The normalized spacial score (nSPS) is 21.7. The second-order valence-electron chi connectivity index (χ2n) is 7.80. The maximum atomic E-state index is 13.0. The highest BCUT2D eigenvalue weighted by molar-refractivity contribution is 6.33. The summed E-state index contributed by atoms with van der Waals surface area (Å²) >= 11 is 6.13. The third kappa shape index (κ3) is 4.07. The van der Waals surface area contributed by atoms with Crippen molar-refractivity contribution in [3.05, 3.63) is 64.7 Å². The van der Waals surface area contributed by atoms with E-state index in [9.17, 15) is 9.59 Å². The predicted octanol–water partition coefficient (Wildman–Crippen LogP) is 4.67. The Morgan fingerprint density at radius 2 is 1.54 bits per heavy atom. The molecule has 4 rings (SSSR count). The van der Waals surface area contributed by atoms with Gasteiger partial charge in [0.1, 0.15) is 0 Å². The molecule has 1 heterocycles. The lowest BCUT2D eigenvalue weighted by atomic mass is 9.80. The molecule has 1 fully saturated rings. The van der Waals surface area contributed by atoms with Gasteiger partial charge >= 0.3 is 0 Å². The van der Waals surface area contributed by atoms with Gasteiger partial charge in [-0.05, 0) is 55.4 Å². The van der Waals surface area contributed by atoms with Crippen LogP contribution in [0.4, 0.5) is 5.69 Å². The second kappa shape index (κ2) is 8.36. The van der Waals surface area contributed by atoms with Crippen molar-refractivity contribution < 1.29 is 9.59 Å². The zero-order valence-corrected chi connectivity index (χ0v) is 16.6. The molecule has 2 aromatic rings. The Hall–Kier alpha value is -2.33. The van der Waals surface area contributed by atoms with Gasteiger partial charge in [-0.25, -0.2) is 0 Å². The van der Waals surface area contributed by atoms with Crippen LogP contribution in [0.2, 0.25) is 5.02 Å². The van der Waals surface area contributed by atoms with Crippen LogP contribution in [0.25, 0.3) is 0 Å². The maximum Gasteiger partial charge on any atom is 0.227 e. The number of amides is 2. The number of carbonyl (C=O) groups is 2. The zero-order chi connectivity index (χ0) is 19.5. The number of hydrogen-bond donors (Lipinski definition) is 1. The molecular formula is C23H25ClN2O2. The molecule has 2 aromatic carbocycles. The molecule has 1 saturated carbocycles. The summed E-state index contributed by atoms with van der Waals surface area (Å²) in [5.41, 5.74) is 3.26. The van der Waals surface area contributed by atoms with Crippen molar-refractivity contribution in [1.29, 1.82) is 0 Å². The lowest BCUT2D eigenvalue weighted by molar-refractivity contribution is -0.138. The van der Waals surface area contributed by atoms with Crippen molar-refractivity contribution in [3.63, 3.8) is 0 Å². The van der Waals surface area contributed by atoms with Gasteiger partial charge in [-0.1, -0.05) is 48.0 Å². The Bertz CT molecular complexity index is 874. The highest BCUT2D eigenvalue weighted by atomic mass is 35.5. The van der Waals surface area contributed by atoms with Gasteiger partial charge in [0.15, 0.2) is 0 Å². The number of nitrogens with zero attached hydrogens (tertiary/aromatic N) is 1. The molecule has 1 aliphatic heterocycles. The summed E-state index contributed by atoms with van der Waals surface area (Å²) in [5, 5.41) is 3.48. The summed E-state index contributed by atoms with van der Waals surface area (Å²) in [6, 6.07) is 15.6. The van der Waals surface area contributed by atoms with Crippen molar-refractivity contribution >= 4 is 29.1 Å². The number of nitrogens with one attached hydrogen (secondary N) is 1. The third-order valence-corrected chi connectivity index (χ3v) is 6.35. The first-order valence-electron chi connectivity index (χ1n) is 10.0. The standard InChI is InChI=1S/C23H25ClN2O2/c24-20-7-3-4-8-21(20)25-22(27)17-9-11-18(12-10-17)23(28)26-14-13-16-5-1-2-6-19(16)15-26/h1-8,17-18H,9-15H2,(H,25,27). The van der Waals surface area contributed by atoms with E-state index in [2.05, 4.69) is 23.5 Å². The first-order chi connectivity index (χ1) is 13.6. The molecular weight excluding hydrogens is 372 g/mol. The molecule has 5 heteroatoms. The molecule has 0 unspecified atom stereocenters. The summed E-state index contributed by atoms with van der Waals surface area (Å²) in [4.78, 5) is 27.6. The smallest absolute Gasteiger partial charge is 0.227 e. The largest absolute Gasteiger partial charge is 0.338 e. The number of anilines is 1. The van der Waals surface area contributed by atoms with Crippen LogP contribution in [-0.2, 0) is 22.6 Å². The van der Waals surface area contributed by atoms with E-state index in [0.717, 1.165) is 38.6 Å². The van der Waals surface area contributed by atoms with E-state index in [0.29, 0.717) is 17.3 Å². The van der Waals surface area contributed by atoms with Gasteiger partial charge in [0.05, 0.1) is 10.7 Å². The number of hydrogen-bond acceptors (Lipinski definition) is 2. The minimum Gasteiger partial charge on any atom is -0.338 e. The minimum absolute atomic E-state index is 0.00546. The van der Waals surface area contributed by atoms with Gasteiger partial charge in [0, 0.05) is 24.9 Å². The highest BCUT2D eigenvalue weighted by Gasteiger charge is 2.33. The first-order valence-corrected chi connectivity index (χ1v) is 10.4. The topological polar surface area (TPSA) is 49.4 Å². The van der Waals surface area contributed by atoms with Crippen molar-refractivity contribution in [2.75, 3.05) is 11.9 Å². The molecule has 2 amide bonds. The predicted molar refractivity (Wildman–Crippen MR) is 111 cm³/mol. The molecule has 0 saturated heterocycles. The fourth-order valence-electron chi connectivity index (χ4n) is 4.34. The molecule has 0 spiro atoms. The van der Waals surface area contributed by atoms with Gasteiger partial charge in [-0.15, -0.1) is 0 Å². The molecule has 28 heavy (non-hydrogen) atoms. The number of para-hydroxylation sites is 1. The molecule has 1 N–H and O–H groups in total. The Morgan fingerprint density at radius 3 is 2.29 bits per heavy atom. The number of halogens is 1. The van der Waals surface area contributed by atoms with Crippen molar-refractivity contribution in [2.24, 2.45) is 11.8 Å². The van der Waals surface area contributed by atoms with Gasteiger partial charge in [-0.2, -0.15) is 0 Å². The molecule has 0 atom stereocenters. The van der Waals surface area contributed by atoms with Crippen molar-refractivity contribution in [2.45, 2.75) is 38.6 Å². The van der Waals surface area contributed by atoms with E-state index in [4.69, 9.17) is 11.6 Å². The lowest BCUT2D eigenvalue weighted by Crippen LogP contribution is -2.41. The Morgan fingerprint density at radius 1 is 0.893 bits per heavy atom. The first kappa shape index (κ1) is 19.0. The SMILES string of the molecule is O=C(Nc1ccccc1Cl)C1CCC(C(=O)N2CCc3ccccc3C2)CC1. The average Bonchev–Trinajstić information content (AvgIpc) is 2.74. The zero-order valence-electron chi connectivity index (χ0n) is 15.9. The van der Waals surface area contributed by atoms with E-state index in [1.54, 1.807) is 6.07 Å². The van der Waals surface area contributed by atoms with Crippen LogP contribution in [0.15, 0.2) is 48.5 Å². The lowest BCUT2D eigenvalue weighted by Gasteiger charge is -2.34. The van der Waals surface area contributed by atoms with Crippen molar-refractivity contribution in [1.82, 2.24) is 4.90 Å². The monoisotopic (exact) mass is 396 g/mol. The Balaban J connectivity index is 1.31. The number of rotatable bonds is 3. The van der Waals surface area contributed by atoms with Gasteiger partial charge < -0.3 is 10.2 Å². The van der Waals surface area contributed by atoms with Gasteiger partial charge in [0.2, 0.25) is 11.8 Å². The molecule has 1 aliphatic carbocycles. The number of carbonyl (C=O) groups excluding carboxylic acids is 2. The molecule has 0 bridgehead atoms. The molecule has 0 radical (unpaired) electrons. The van der Waals surface area contributed by atoms with Crippen LogP contribution in [0.3, 0.4) is 0 Å². The van der Waals surface area contributed by atoms with Crippen LogP contribution in [0.5, 0.6) is 0 Å². The quantitative estimate of drug-likeness (QED) is 0.819. The van der Waals surface area contributed by atoms with Crippen LogP contribution in [-0.4, -0.2) is 23.3 Å². The summed E-state index contributed by atoms with van der Waals surface area (Å²) < 4.78 is 0. The summed E-state index contributed by atoms with van der Waals surface area (Å²) in [6.07, 6.45) is 3.97. The average molecular weight is 397 g/mol. The summed E-state index contributed by atoms with van der Waals surface area (Å²) in [6.45, 7) is 1.50. The van der Waals surface area contributed by atoms with Crippen LogP contribution in [0.1, 0.15) is 36.8 Å². The van der Waals surface area contributed by atoms with Gasteiger partial charge in [0.25, 0.3) is 0 Å². The van der Waals surface area contributed by atoms with Gasteiger partial charge in [-0.3, -0.25) is 9.59 Å². The van der Waals surface area contributed by atoms with Crippen LogP contribution >= 0.6 is 11.6 Å². The Kier molecular flexibility index (Phi) is 5.67. The van der Waals surface area contributed by atoms with Crippen molar-refractivity contribution in [3.8, 4) is 0 Å². The maximum absolute atomic E-state index is 13.0.